The molecule has 0 atom stereocenters. The molecular formula is C26H19N2O2+. The second-order valence-corrected chi connectivity index (χ2v) is 7.11. The molecule has 4 aromatic carbocycles. The quantitative estimate of drug-likeness (QED) is 0.189. The first-order valence-electron chi connectivity index (χ1n) is 9.80. The van der Waals surface area contributed by atoms with Crippen molar-refractivity contribution >= 4 is 27.5 Å². The van der Waals surface area contributed by atoms with Gasteiger partial charge in [-0.1, -0.05) is 78.9 Å². The lowest BCUT2D eigenvalue weighted by Gasteiger charge is -2.11. The highest BCUT2D eigenvalue weighted by Crippen LogP contribution is 2.35. The number of ether oxygens (including phenoxy) is 1. The topological polar surface area (TPSA) is 43.1 Å². The number of aromatic nitrogens is 2. The molecule has 4 nitrogen and oxygen atoms in total. The fourth-order valence-corrected chi connectivity index (χ4v) is 3.70. The predicted octanol–water partition coefficient (Wildman–Crippen LogP) is 4.94. The summed E-state index contributed by atoms with van der Waals surface area (Å²) in [7, 11) is 0. The molecule has 0 aliphatic rings. The molecule has 5 aromatic rings. The average molecular weight is 391 g/mol. The maximum atomic E-state index is 13.2. The summed E-state index contributed by atoms with van der Waals surface area (Å²) in [4.78, 5) is 17.4. The normalized spacial score (nSPS) is 10.9. The van der Waals surface area contributed by atoms with E-state index in [1.165, 1.54) is 0 Å². The molecule has 0 saturated heterocycles. The smallest absolute Gasteiger partial charge is 0.410 e. The van der Waals surface area contributed by atoms with Gasteiger partial charge in [0.1, 0.15) is 11.9 Å². The number of carbonyl (C=O) groups excluding carboxylic acids is 1. The molecule has 0 N–H and O–H groups in total. The van der Waals surface area contributed by atoms with Crippen molar-refractivity contribution in [1.29, 1.82) is 0 Å². The van der Waals surface area contributed by atoms with E-state index >= 15 is 0 Å². The van der Waals surface area contributed by atoms with Crippen molar-refractivity contribution < 1.29 is 14.1 Å². The molecule has 4 heteroatoms. The maximum Gasteiger partial charge on any atom is 0.410 e. The van der Waals surface area contributed by atoms with Gasteiger partial charge in [-0.05, 0) is 16.8 Å². The van der Waals surface area contributed by atoms with E-state index in [-0.39, 0.29) is 0 Å². The highest BCUT2D eigenvalue weighted by Gasteiger charge is 2.23. The molecular weight excluding hydrogens is 372 g/mol. The van der Waals surface area contributed by atoms with Crippen LogP contribution in [0.3, 0.4) is 0 Å². The van der Waals surface area contributed by atoms with Gasteiger partial charge in [0, 0.05) is 16.3 Å². The number of hydrogen-bond acceptors (Lipinski definition) is 3. The van der Waals surface area contributed by atoms with Crippen LogP contribution < -0.4 is 9.30 Å². The van der Waals surface area contributed by atoms with Crippen LogP contribution in [-0.2, 0) is 6.54 Å². The van der Waals surface area contributed by atoms with Crippen LogP contribution in [0.2, 0.25) is 0 Å². The Kier molecular flexibility index (Phi) is 4.66. The summed E-state index contributed by atoms with van der Waals surface area (Å²) < 4.78 is 7.86. The molecule has 1 heterocycles. The molecule has 5 rings (SSSR count). The van der Waals surface area contributed by atoms with Gasteiger partial charge in [-0.25, -0.2) is 4.79 Å². The SMILES string of the molecule is O=C(Oc1c2ccccc2cc2ccccc12)c1cncc[n+]1Cc1ccccc1. The number of rotatable bonds is 4. The monoisotopic (exact) mass is 391 g/mol. The van der Waals surface area contributed by atoms with E-state index in [1.807, 2.05) is 83.4 Å². The Hall–Kier alpha value is -4.05. The van der Waals surface area contributed by atoms with Crippen LogP contribution in [0.4, 0.5) is 0 Å². The van der Waals surface area contributed by atoms with Crippen molar-refractivity contribution in [1.82, 2.24) is 4.98 Å². The third-order valence-corrected chi connectivity index (χ3v) is 5.16. The zero-order chi connectivity index (χ0) is 20.3. The minimum atomic E-state index is -0.430. The van der Waals surface area contributed by atoms with Gasteiger partial charge in [0.05, 0.1) is 6.20 Å². The van der Waals surface area contributed by atoms with E-state index in [1.54, 1.807) is 18.6 Å². The Balaban J connectivity index is 1.57. The molecule has 0 fully saturated rings. The van der Waals surface area contributed by atoms with Crippen LogP contribution >= 0.6 is 0 Å². The molecule has 0 aliphatic heterocycles. The van der Waals surface area contributed by atoms with Gasteiger partial charge < -0.3 is 4.74 Å². The third kappa shape index (κ3) is 3.40. The molecule has 0 spiro atoms. The van der Waals surface area contributed by atoms with Crippen molar-refractivity contribution in [3.63, 3.8) is 0 Å². The molecule has 1 aromatic heterocycles. The van der Waals surface area contributed by atoms with Crippen LogP contribution in [0, 0.1) is 0 Å². The van der Waals surface area contributed by atoms with E-state index in [0.717, 1.165) is 27.1 Å². The fourth-order valence-electron chi connectivity index (χ4n) is 3.70. The van der Waals surface area contributed by atoms with Gasteiger partial charge in [0.2, 0.25) is 0 Å². The van der Waals surface area contributed by atoms with Crippen molar-refractivity contribution in [2.75, 3.05) is 0 Å². The molecule has 0 aliphatic carbocycles. The summed E-state index contributed by atoms with van der Waals surface area (Å²) in [6.45, 7) is 0.560. The van der Waals surface area contributed by atoms with Gasteiger partial charge in [0.25, 0.3) is 0 Å². The Labute approximate surface area is 174 Å². The zero-order valence-corrected chi connectivity index (χ0v) is 16.2. The minimum absolute atomic E-state index is 0.401. The second-order valence-electron chi connectivity index (χ2n) is 7.11. The van der Waals surface area contributed by atoms with Crippen molar-refractivity contribution in [2.45, 2.75) is 6.54 Å². The standard InChI is InChI=1S/C26H19N2O2/c29-26(24-17-27-14-15-28(24)18-19-8-2-1-3-9-19)30-25-22-12-6-4-10-20(22)16-21-11-5-7-13-23(21)25/h1-17H,18H2/q+1. The Bertz CT molecular complexity index is 1310. The predicted molar refractivity (Wildman–Crippen MR) is 116 cm³/mol. The maximum absolute atomic E-state index is 13.2. The van der Waals surface area contributed by atoms with E-state index < -0.39 is 5.97 Å². The molecule has 0 amide bonds. The summed E-state index contributed by atoms with van der Waals surface area (Å²) >= 11 is 0. The second kappa shape index (κ2) is 7.76. The lowest BCUT2D eigenvalue weighted by Crippen LogP contribution is -2.42. The number of esters is 1. The summed E-state index contributed by atoms with van der Waals surface area (Å²) in [5.74, 6) is 0.143. The lowest BCUT2D eigenvalue weighted by atomic mass is 10.0. The first-order chi connectivity index (χ1) is 14.8. The van der Waals surface area contributed by atoms with Crippen LogP contribution in [0.1, 0.15) is 16.1 Å². The van der Waals surface area contributed by atoms with E-state index in [9.17, 15) is 4.79 Å². The Morgan fingerprint density at radius 3 is 2.17 bits per heavy atom. The van der Waals surface area contributed by atoms with Crippen LogP contribution in [0.15, 0.2) is 104 Å². The molecule has 0 unspecified atom stereocenters. The van der Waals surface area contributed by atoms with Crippen LogP contribution in [0.25, 0.3) is 21.5 Å². The highest BCUT2D eigenvalue weighted by molar-refractivity contribution is 6.07. The van der Waals surface area contributed by atoms with Crippen molar-refractivity contribution in [3.05, 3.63) is 115 Å². The van der Waals surface area contributed by atoms with E-state index in [2.05, 4.69) is 11.1 Å². The number of carbonyl (C=O) groups is 1. The molecule has 0 bridgehead atoms. The van der Waals surface area contributed by atoms with Crippen LogP contribution in [-0.4, -0.2) is 11.0 Å². The first kappa shape index (κ1) is 18.0. The molecule has 144 valence electrons. The number of benzene rings is 4. The lowest BCUT2D eigenvalue weighted by molar-refractivity contribution is -0.691. The number of hydrogen-bond donors (Lipinski definition) is 0. The third-order valence-electron chi connectivity index (χ3n) is 5.16. The number of nitrogens with zero attached hydrogens (tertiary/aromatic N) is 2. The zero-order valence-electron chi connectivity index (χ0n) is 16.2. The average Bonchev–Trinajstić information content (AvgIpc) is 2.80. The Morgan fingerprint density at radius 2 is 1.47 bits per heavy atom. The van der Waals surface area contributed by atoms with Gasteiger partial charge >= 0.3 is 11.7 Å². The van der Waals surface area contributed by atoms with Gasteiger partial charge in [0.15, 0.2) is 12.7 Å². The summed E-state index contributed by atoms with van der Waals surface area (Å²) in [5, 5.41) is 3.87. The van der Waals surface area contributed by atoms with Gasteiger partial charge in [-0.15, -0.1) is 0 Å². The van der Waals surface area contributed by atoms with Crippen molar-refractivity contribution in [2.24, 2.45) is 0 Å². The minimum Gasteiger partial charge on any atom is -0.417 e. The van der Waals surface area contributed by atoms with E-state index in [4.69, 9.17) is 4.74 Å². The van der Waals surface area contributed by atoms with Gasteiger partial charge in [-0.3, -0.25) is 4.98 Å². The van der Waals surface area contributed by atoms with E-state index in [0.29, 0.717) is 18.0 Å². The fraction of sp³-hybridized carbons (Fsp3) is 0.0385. The summed E-state index contributed by atoms with van der Waals surface area (Å²) in [6.07, 6.45) is 5.02. The largest absolute Gasteiger partial charge is 0.417 e. The molecule has 30 heavy (non-hydrogen) atoms. The van der Waals surface area contributed by atoms with Gasteiger partial charge in [-0.2, -0.15) is 4.57 Å². The molecule has 0 radical (unpaired) electrons. The highest BCUT2D eigenvalue weighted by atomic mass is 16.5. The Morgan fingerprint density at radius 1 is 0.833 bits per heavy atom. The number of fused-ring (bicyclic) bond motifs is 2. The molecule has 0 saturated carbocycles. The summed E-state index contributed by atoms with van der Waals surface area (Å²) in [6, 6.07) is 28.0. The first-order valence-corrected chi connectivity index (χ1v) is 9.80. The van der Waals surface area contributed by atoms with Crippen molar-refractivity contribution in [3.8, 4) is 5.75 Å². The van der Waals surface area contributed by atoms with Crippen LogP contribution in [0.5, 0.6) is 5.75 Å². The summed E-state index contributed by atoms with van der Waals surface area (Å²) in [5.41, 5.74) is 1.50.